The molecule has 0 saturated carbocycles. The minimum absolute atomic E-state index is 0.134. The lowest BCUT2D eigenvalue weighted by Crippen LogP contribution is -2.26. The van der Waals surface area contributed by atoms with Crippen LogP contribution < -0.4 is 15.4 Å². The van der Waals surface area contributed by atoms with Crippen LogP contribution in [0.5, 0.6) is 5.75 Å². The number of hydrogen-bond acceptors (Lipinski definition) is 6. The SMILES string of the molecule is COC(=O)c1c(NC(=O)CCCOc2ccc(Cl)cc2Cl)sc(C(=O)NC(C)c2ccccc2)c1C. The number of nitrogens with one attached hydrogen (secondary N) is 2. The van der Waals surface area contributed by atoms with Crippen LogP contribution in [0.15, 0.2) is 48.5 Å². The summed E-state index contributed by atoms with van der Waals surface area (Å²) in [5.41, 5.74) is 1.56. The Hall–Kier alpha value is -3.07. The molecular formula is C26H26Cl2N2O5S. The molecule has 190 valence electrons. The van der Waals surface area contributed by atoms with Crippen LogP contribution >= 0.6 is 34.5 Å². The minimum Gasteiger partial charge on any atom is -0.492 e. The van der Waals surface area contributed by atoms with Crippen LogP contribution in [0.2, 0.25) is 10.0 Å². The fourth-order valence-corrected chi connectivity index (χ4v) is 5.03. The molecule has 0 aliphatic rings. The van der Waals surface area contributed by atoms with E-state index in [9.17, 15) is 14.4 Å². The zero-order valence-corrected chi connectivity index (χ0v) is 22.4. The van der Waals surface area contributed by atoms with Crippen molar-refractivity contribution in [3.8, 4) is 5.75 Å². The van der Waals surface area contributed by atoms with E-state index in [0.29, 0.717) is 32.7 Å². The van der Waals surface area contributed by atoms with E-state index < -0.39 is 5.97 Å². The average Bonchev–Trinajstić information content (AvgIpc) is 3.18. The molecular weight excluding hydrogens is 523 g/mol. The Morgan fingerprint density at radius 2 is 1.81 bits per heavy atom. The van der Waals surface area contributed by atoms with Gasteiger partial charge in [-0.2, -0.15) is 0 Å². The van der Waals surface area contributed by atoms with Crippen molar-refractivity contribution in [1.82, 2.24) is 5.32 Å². The Kier molecular flexibility index (Phi) is 9.75. The second-order valence-electron chi connectivity index (χ2n) is 7.93. The number of halogens is 2. The summed E-state index contributed by atoms with van der Waals surface area (Å²) in [6.07, 6.45) is 0.542. The van der Waals surface area contributed by atoms with E-state index in [-0.39, 0.29) is 41.4 Å². The van der Waals surface area contributed by atoms with E-state index in [2.05, 4.69) is 10.6 Å². The number of rotatable bonds is 10. The molecule has 2 N–H and O–H groups in total. The standard InChI is InChI=1S/C26H26Cl2N2O5S/c1-15-22(26(33)34-3)25(36-23(15)24(32)29-16(2)17-8-5-4-6-9-17)30-21(31)10-7-13-35-20-12-11-18(27)14-19(20)28/h4-6,8-9,11-12,14,16H,7,10,13H2,1-3H3,(H,29,32)(H,30,31). The van der Waals surface area contributed by atoms with Gasteiger partial charge in [-0.05, 0) is 49.6 Å². The fraction of sp³-hybridized carbons (Fsp3) is 0.269. The van der Waals surface area contributed by atoms with Crippen molar-refractivity contribution >= 4 is 57.3 Å². The first-order chi connectivity index (χ1) is 17.2. The second-order valence-corrected chi connectivity index (χ2v) is 9.80. The summed E-state index contributed by atoms with van der Waals surface area (Å²) >= 11 is 13.0. The van der Waals surface area contributed by atoms with E-state index in [1.807, 2.05) is 37.3 Å². The number of carbonyl (C=O) groups excluding carboxylic acids is 3. The van der Waals surface area contributed by atoms with Crippen molar-refractivity contribution in [3.05, 3.63) is 80.1 Å². The van der Waals surface area contributed by atoms with Crippen molar-refractivity contribution in [3.63, 3.8) is 0 Å². The fourth-order valence-electron chi connectivity index (χ4n) is 3.45. The molecule has 0 aliphatic heterocycles. The number of benzene rings is 2. The lowest BCUT2D eigenvalue weighted by Gasteiger charge is -2.14. The number of carbonyl (C=O) groups is 3. The summed E-state index contributed by atoms with van der Waals surface area (Å²) < 4.78 is 10.5. The van der Waals surface area contributed by atoms with Gasteiger partial charge < -0.3 is 20.1 Å². The van der Waals surface area contributed by atoms with E-state index in [1.54, 1.807) is 25.1 Å². The first-order valence-corrected chi connectivity index (χ1v) is 12.7. The van der Waals surface area contributed by atoms with E-state index in [1.165, 1.54) is 7.11 Å². The van der Waals surface area contributed by atoms with Crippen LogP contribution in [-0.2, 0) is 9.53 Å². The molecule has 2 aromatic carbocycles. The minimum atomic E-state index is -0.630. The summed E-state index contributed by atoms with van der Waals surface area (Å²) in [6.45, 7) is 3.79. The molecule has 1 atom stereocenters. The Morgan fingerprint density at radius 1 is 1.08 bits per heavy atom. The van der Waals surface area contributed by atoms with Gasteiger partial charge in [0.05, 0.1) is 35.2 Å². The third kappa shape index (κ3) is 7.00. The van der Waals surface area contributed by atoms with Gasteiger partial charge in [0.2, 0.25) is 5.91 Å². The van der Waals surface area contributed by atoms with E-state index in [4.69, 9.17) is 32.7 Å². The highest BCUT2D eigenvalue weighted by atomic mass is 35.5. The van der Waals surface area contributed by atoms with Gasteiger partial charge in [-0.1, -0.05) is 53.5 Å². The predicted octanol–water partition coefficient (Wildman–Crippen LogP) is 6.44. The summed E-state index contributed by atoms with van der Waals surface area (Å²) in [6, 6.07) is 14.2. The number of hydrogen-bond donors (Lipinski definition) is 2. The Bertz CT molecular complexity index is 1250. The van der Waals surface area contributed by atoms with Gasteiger partial charge in [-0.15, -0.1) is 11.3 Å². The quantitative estimate of drug-likeness (QED) is 0.224. The highest BCUT2D eigenvalue weighted by molar-refractivity contribution is 7.18. The lowest BCUT2D eigenvalue weighted by molar-refractivity contribution is -0.116. The molecule has 36 heavy (non-hydrogen) atoms. The predicted molar refractivity (Wildman–Crippen MR) is 143 cm³/mol. The second kappa shape index (κ2) is 12.8. The van der Waals surface area contributed by atoms with Gasteiger partial charge in [0.1, 0.15) is 10.8 Å². The molecule has 0 spiro atoms. The highest BCUT2D eigenvalue weighted by Crippen LogP contribution is 2.34. The first-order valence-electron chi connectivity index (χ1n) is 11.2. The molecule has 2 amide bonds. The molecule has 1 heterocycles. The highest BCUT2D eigenvalue weighted by Gasteiger charge is 2.27. The molecule has 10 heteroatoms. The molecule has 0 saturated heterocycles. The number of esters is 1. The van der Waals surface area contributed by atoms with Crippen molar-refractivity contribution in [2.75, 3.05) is 19.0 Å². The third-order valence-corrected chi connectivity index (χ3v) is 7.08. The third-order valence-electron chi connectivity index (χ3n) is 5.34. The topological polar surface area (TPSA) is 93.7 Å². The molecule has 7 nitrogen and oxygen atoms in total. The van der Waals surface area contributed by atoms with Crippen LogP contribution in [0.3, 0.4) is 0 Å². The van der Waals surface area contributed by atoms with Crippen LogP contribution in [0, 0.1) is 6.92 Å². The van der Waals surface area contributed by atoms with Crippen LogP contribution in [0.25, 0.3) is 0 Å². The summed E-state index contributed by atoms with van der Waals surface area (Å²) in [7, 11) is 1.25. The zero-order valence-electron chi connectivity index (χ0n) is 20.0. The van der Waals surface area contributed by atoms with Gasteiger partial charge in [-0.25, -0.2) is 4.79 Å². The Morgan fingerprint density at radius 3 is 2.47 bits per heavy atom. The summed E-state index contributed by atoms with van der Waals surface area (Å²) in [4.78, 5) is 38.4. The lowest BCUT2D eigenvalue weighted by atomic mass is 10.1. The van der Waals surface area contributed by atoms with Gasteiger partial charge >= 0.3 is 5.97 Å². The number of methoxy groups -OCH3 is 1. The van der Waals surface area contributed by atoms with Crippen molar-refractivity contribution in [1.29, 1.82) is 0 Å². The Balaban J connectivity index is 1.65. The monoisotopic (exact) mass is 548 g/mol. The summed E-state index contributed by atoms with van der Waals surface area (Å²) in [5, 5.41) is 6.84. The number of anilines is 1. The maximum Gasteiger partial charge on any atom is 0.341 e. The van der Waals surface area contributed by atoms with Gasteiger partial charge in [0.25, 0.3) is 5.91 Å². The number of amides is 2. The zero-order chi connectivity index (χ0) is 26.2. The van der Waals surface area contributed by atoms with Crippen LogP contribution in [-0.4, -0.2) is 31.5 Å². The largest absolute Gasteiger partial charge is 0.492 e. The molecule has 1 unspecified atom stereocenters. The maximum atomic E-state index is 13.0. The molecule has 1 aromatic heterocycles. The number of ether oxygens (including phenoxy) is 2. The average molecular weight is 549 g/mol. The van der Waals surface area contributed by atoms with Crippen molar-refractivity contribution in [2.24, 2.45) is 0 Å². The maximum absolute atomic E-state index is 13.0. The molecule has 0 bridgehead atoms. The molecule has 3 aromatic rings. The molecule has 0 aliphatic carbocycles. The van der Waals surface area contributed by atoms with Gasteiger partial charge in [0, 0.05) is 11.4 Å². The normalized spacial score (nSPS) is 11.5. The molecule has 0 radical (unpaired) electrons. The molecule has 0 fully saturated rings. The van der Waals surface area contributed by atoms with Gasteiger partial charge in [0.15, 0.2) is 0 Å². The Labute approximate surface area is 223 Å². The smallest absolute Gasteiger partial charge is 0.341 e. The van der Waals surface area contributed by atoms with E-state index >= 15 is 0 Å². The van der Waals surface area contributed by atoms with Crippen molar-refractivity contribution < 1.29 is 23.9 Å². The van der Waals surface area contributed by atoms with E-state index in [0.717, 1.165) is 16.9 Å². The van der Waals surface area contributed by atoms with Gasteiger partial charge in [-0.3, -0.25) is 9.59 Å². The molecule has 3 rings (SSSR count). The van der Waals surface area contributed by atoms with Crippen LogP contribution in [0.1, 0.15) is 57.0 Å². The van der Waals surface area contributed by atoms with Crippen molar-refractivity contribution in [2.45, 2.75) is 32.7 Å². The number of thiophene rings is 1. The first kappa shape index (κ1) is 27.5. The van der Waals surface area contributed by atoms with Crippen LogP contribution in [0.4, 0.5) is 5.00 Å². The summed E-state index contributed by atoms with van der Waals surface area (Å²) in [5.74, 6) is -0.816.